The van der Waals surface area contributed by atoms with Crippen molar-refractivity contribution < 1.29 is 19.6 Å². The number of nitrogens with one attached hydrogen (secondary N) is 3. The van der Waals surface area contributed by atoms with Gasteiger partial charge in [0, 0.05) is 24.3 Å². The fourth-order valence-electron chi connectivity index (χ4n) is 3.69. The first kappa shape index (κ1) is 26.6. The standard InChI is InChI=1S/C27H31N5O4/c1-18-5-3-4-6-22(18)16-32(2)17-25(33)29-23-13-11-20(12-14-23)19-7-9-21(10-8-19)26(34)30-24(15-28)27(35)31-36/h3-14,24,36H,15-17,28H2,1-2H3,(H,29,33)(H,30,34)(H,31,35)/t24-/m0/s1. The zero-order chi connectivity index (χ0) is 26.1. The van der Waals surface area contributed by atoms with Crippen LogP contribution in [0.4, 0.5) is 5.69 Å². The Morgan fingerprint density at radius 2 is 1.56 bits per heavy atom. The number of hydroxylamine groups is 1. The summed E-state index contributed by atoms with van der Waals surface area (Å²) < 4.78 is 0. The molecule has 188 valence electrons. The van der Waals surface area contributed by atoms with Crippen LogP contribution in [-0.4, -0.2) is 54.0 Å². The maximum Gasteiger partial charge on any atom is 0.267 e. The van der Waals surface area contributed by atoms with Crippen molar-refractivity contribution in [3.8, 4) is 11.1 Å². The number of aryl methyl sites for hydroxylation is 1. The molecule has 6 N–H and O–H groups in total. The lowest BCUT2D eigenvalue weighted by Crippen LogP contribution is -2.50. The van der Waals surface area contributed by atoms with Crippen molar-refractivity contribution in [2.45, 2.75) is 19.5 Å². The number of anilines is 1. The second-order valence-electron chi connectivity index (χ2n) is 8.54. The summed E-state index contributed by atoms with van der Waals surface area (Å²) in [6.07, 6.45) is 0. The maximum atomic E-state index is 12.5. The number of amides is 3. The van der Waals surface area contributed by atoms with Gasteiger partial charge in [0.15, 0.2) is 0 Å². The first-order chi connectivity index (χ1) is 17.3. The van der Waals surface area contributed by atoms with Gasteiger partial charge in [-0.1, -0.05) is 48.5 Å². The average Bonchev–Trinajstić information content (AvgIpc) is 2.88. The number of rotatable bonds is 10. The molecule has 3 aromatic rings. The minimum absolute atomic E-state index is 0.0973. The second kappa shape index (κ2) is 12.6. The molecule has 1 atom stereocenters. The third-order valence-electron chi connectivity index (χ3n) is 5.73. The number of carbonyl (C=O) groups is 3. The summed E-state index contributed by atoms with van der Waals surface area (Å²) in [6, 6.07) is 21.3. The molecule has 0 fully saturated rings. The van der Waals surface area contributed by atoms with E-state index in [0.717, 1.165) is 11.1 Å². The monoisotopic (exact) mass is 489 g/mol. The van der Waals surface area contributed by atoms with Crippen molar-refractivity contribution in [3.63, 3.8) is 0 Å². The Bertz CT molecular complexity index is 1200. The highest BCUT2D eigenvalue weighted by Crippen LogP contribution is 2.22. The Balaban J connectivity index is 1.55. The van der Waals surface area contributed by atoms with Crippen LogP contribution >= 0.6 is 0 Å². The SMILES string of the molecule is Cc1ccccc1CN(C)CC(=O)Nc1ccc(-c2ccc(C(=O)N[C@@H](CN)C(=O)NO)cc2)cc1. The van der Waals surface area contributed by atoms with Gasteiger partial charge in [-0.15, -0.1) is 0 Å². The van der Waals surface area contributed by atoms with Gasteiger partial charge in [-0.25, -0.2) is 5.48 Å². The summed E-state index contributed by atoms with van der Waals surface area (Å²) in [5.41, 5.74) is 12.2. The van der Waals surface area contributed by atoms with E-state index in [1.165, 1.54) is 16.6 Å². The summed E-state index contributed by atoms with van der Waals surface area (Å²) in [6.45, 7) is 2.87. The fourth-order valence-corrected chi connectivity index (χ4v) is 3.69. The molecule has 0 unspecified atom stereocenters. The minimum Gasteiger partial charge on any atom is -0.339 e. The molecule has 0 bridgehead atoms. The van der Waals surface area contributed by atoms with E-state index in [1.54, 1.807) is 24.3 Å². The van der Waals surface area contributed by atoms with E-state index < -0.39 is 17.9 Å². The highest BCUT2D eigenvalue weighted by molar-refractivity contribution is 5.98. The predicted octanol–water partition coefficient (Wildman–Crippen LogP) is 2.30. The molecule has 0 aliphatic carbocycles. The second-order valence-corrected chi connectivity index (χ2v) is 8.54. The molecule has 9 heteroatoms. The van der Waals surface area contributed by atoms with Crippen LogP contribution in [0, 0.1) is 6.92 Å². The number of carbonyl (C=O) groups excluding carboxylic acids is 3. The van der Waals surface area contributed by atoms with Crippen molar-refractivity contribution in [3.05, 3.63) is 89.5 Å². The average molecular weight is 490 g/mol. The minimum atomic E-state index is -1.04. The summed E-state index contributed by atoms with van der Waals surface area (Å²) in [4.78, 5) is 38.3. The number of nitrogens with two attached hydrogens (primary N) is 1. The van der Waals surface area contributed by atoms with Gasteiger partial charge < -0.3 is 16.4 Å². The third kappa shape index (κ3) is 7.22. The van der Waals surface area contributed by atoms with E-state index >= 15 is 0 Å². The molecular weight excluding hydrogens is 458 g/mol. The third-order valence-corrected chi connectivity index (χ3v) is 5.73. The molecule has 36 heavy (non-hydrogen) atoms. The van der Waals surface area contributed by atoms with Gasteiger partial charge in [-0.3, -0.25) is 24.5 Å². The largest absolute Gasteiger partial charge is 0.339 e. The number of nitrogens with zero attached hydrogens (tertiary/aromatic N) is 1. The van der Waals surface area contributed by atoms with Gasteiger partial charge >= 0.3 is 0 Å². The Kier molecular flexibility index (Phi) is 9.29. The molecule has 9 nitrogen and oxygen atoms in total. The lowest BCUT2D eigenvalue weighted by molar-refractivity contribution is -0.130. The molecule has 0 saturated heterocycles. The first-order valence-corrected chi connectivity index (χ1v) is 11.5. The van der Waals surface area contributed by atoms with Crippen LogP contribution in [0.5, 0.6) is 0 Å². The van der Waals surface area contributed by atoms with Crippen LogP contribution < -0.4 is 21.8 Å². The zero-order valence-electron chi connectivity index (χ0n) is 20.3. The molecule has 3 amide bonds. The van der Waals surface area contributed by atoms with Crippen molar-refractivity contribution in [2.24, 2.45) is 5.73 Å². The van der Waals surface area contributed by atoms with Gasteiger partial charge in [0.1, 0.15) is 6.04 Å². The molecule has 0 aliphatic heterocycles. The van der Waals surface area contributed by atoms with E-state index in [9.17, 15) is 14.4 Å². The molecule has 3 aromatic carbocycles. The van der Waals surface area contributed by atoms with Crippen LogP contribution in [0.1, 0.15) is 21.5 Å². The molecule has 0 saturated carbocycles. The van der Waals surface area contributed by atoms with E-state index in [1.807, 2.05) is 48.3 Å². The predicted molar refractivity (Wildman–Crippen MR) is 138 cm³/mol. The normalized spacial score (nSPS) is 11.6. The Labute approximate surface area is 210 Å². The fraction of sp³-hybridized carbons (Fsp3) is 0.222. The Morgan fingerprint density at radius 1 is 0.944 bits per heavy atom. The smallest absolute Gasteiger partial charge is 0.267 e. The van der Waals surface area contributed by atoms with Crippen LogP contribution in [0.25, 0.3) is 11.1 Å². The van der Waals surface area contributed by atoms with E-state index in [-0.39, 0.29) is 19.0 Å². The highest BCUT2D eigenvalue weighted by Gasteiger charge is 2.19. The quantitative estimate of drug-likeness (QED) is 0.219. The van der Waals surface area contributed by atoms with Gasteiger partial charge in [-0.05, 0) is 60.5 Å². The molecule has 0 spiro atoms. The highest BCUT2D eigenvalue weighted by atomic mass is 16.5. The number of benzene rings is 3. The lowest BCUT2D eigenvalue weighted by Gasteiger charge is -2.17. The van der Waals surface area contributed by atoms with Crippen molar-refractivity contribution in [1.29, 1.82) is 0 Å². The van der Waals surface area contributed by atoms with Crippen LogP contribution in [-0.2, 0) is 16.1 Å². The van der Waals surface area contributed by atoms with E-state index in [4.69, 9.17) is 10.9 Å². The molecule has 0 aliphatic rings. The van der Waals surface area contributed by atoms with Crippen LogP contribution in [0.15, 0.2) is 72.8 Å². The van der Waals surface area contributed by atoms with Crippen molar-refractivity contribution in [1.82, 2.24) is 15.7 Å². The summed E-state index contributed by atoms with van der Waals surface area (Å²) in [7, 11) is 1.91. The van der Waals surface area contributed by atoms with Crippen molar-refractivity contribution >= 4 is 23.4 Å². The summed E-state index contributed by atoms with van der Waals surface area (Å²) >= 11 is 0. The van der Waals surface area contributed by atoms with Gasteiger partial charge in [-0.2, -0.15) is 0 Å². The topological polar surface area (TPSA) is 137 Å². The zero-order valence-corrected chi connectivity index (χ0v) is 20.3. The number of hydrogen-bond acceptors (Lipinski definition) is 6. The van der Waals surface area contributed by atoms with Gasteiger partial charge in [0.05, 0.1) is 6.54 Å². The van der Waals surface area contributed by atoms with Crippen LogP contribution in [0.3, 0.4) is 0 Å². The van der Waals surface area contributed by atoms with Crippen molar-refractivity contribution in [2.75, 3.05) is 25.5 Å². The lowest BCUT2D eigenvalue weighted by atomic mass is 10.0. The number of hydrogen-bond donors (Lipinski definition) is 5. The van der Waals surface area contributed by atoms with Gasteiger partial charge in [0.25, 0.3) is 11.8 Å². The summed E-state index contributed by atoms with van der Waals surface area (Å²) in [5, 5.41) is 14.1. The van der Waals surface area contributed by atoms with Gasteiger partial charge in [0.2, 0.25) is 5.91 Å². The Morgan fingerprint density at radius 3 is 2.14 bits per heavy atom. The number of likely N-dealkylation sites (N-methyl/N-ethyl adjacent to an activating group) is 1. The first-order valence-electron chi connectivity index (χ1n) is 11.5. The molecule has 3 rings (SSSR count). The molecule has 0 radical (unpaired) electrons. The van der Waals surface area contributed by atoms with E-state index in [0.29, 0.717) is 17.8 Å². The van der Waals surface area contributed by atoms with E-state index in [2.05, 4.69) is 29.7 Å². The molecule has 0 heterocycles. The summed E-state index contributed by atoms with van der Waals surface area (Å²) in [5.74, 6) is -1.36. The molecule has 0 aromatic heterocycles. The maximum absolute atomic E-state index is 12.5. The molecular formula is C27H31N5O4. The Hall–Kier alpha value is -4.05. The van der Waals surface area contributed by atoms with Crippen LogP contribution in [0.2, 0.25) is 0 Å².